The van der Waals surface area contributed by atoms with Crippen molar-refractivity contribution in [3.8, 4) is 0 Å². The van der Waals surface area contributed by atoms with Gasteiger partial charge in [0.2, 0.25) is 15.9 Å². The Morgan fingerprint density at radius 2 is 1.79 bits per heavy atom. The summed E-state index contributed by atoms with van der Waals surface area (Å²) in [6.45, 7) is 2.06. The summed E-state index contributed by atoms with van der Waals surface area (Å²) in [5, 5.41) is 14.2. The number of piperidine rings is 1. The van der Waals surface area contributed by atoms with Crippen LogP contribution in [-0.4, -0.2) is 36.6 Å². The number of rotatable bonds is 5. The van der Waals surface area contributed by atoms with Gasteiger partial charge < -0.3 is 5.32 Å². The number of carbonyl (C=O) groups is 1. The first-order chi connectivity index (χ1) is 13.7. The van der Waals surface area contributed by atoms with Gasteiger partial charge in [0.05, 0.1) is 9.82 Å². The number of carbonyl (C=O) groups excluding carboxylic acids is 1. The van der Waals surface area contributed by atoms with Crippen LogP contribution in [0.4, 0.5) is 11.4 Å². The Kier molecular flexibility index (Phi) is 6.21. The lowest BCUT2D eigenvalue weighted by Crippen LogP contribution is -2.41. The van der Waals surface area contributed by atoms with Gasteiger partial charge in [-0.05, 0) is 50.1 Å². The highest BCUT2D eigenvalue weighted by Crippen LogP contribution is 2.27. The van der Waals surface area contributed by atoms with Crippen LogP contribution in [-0.2, 0) is 14.8 Å². The van der Waals surface area contributed by atoms with Gasteiger partial charge in [-0.2, -0.15) is 4.31 Å². The molecule has 154 valence electrons. The molecule has 3 rings (SSSR count). The third-order valence-corrected chi connectivity index (χ3v) is 7.11. The molecule has 1 aliphatic heterocycles. The second-order valence-corrected chi connectivity index (χ2v) is 9.25. The van der Waals surface area contributed by atoms with Crippen LogP contribution in [0.25, 0.3) is 0 Å². The number of hydrogen-bond donors (Lipinski definition) is 1. The van der Waals surface area contributed by atoms with Gasteiger partial charge in [0.25, 0.3) is 5.69 Å². The average molecular weight is 438 g/mol. The molecule has 0 spiro atoms. The summed E-state index contributed by atoms with van der Waals surface area (Å²) in [6.07, 6.45) is 0.735. The van der Waals surface area contributed by atoms with Gasteiger partial charge in [0.1, 0.15) is 0 Å². The van der Waals surface area contributed by atoms with E-state index in [9.17, 15) is 23.3 Å². The third-order valence-electron chi connectivity index (χ3n) is 4.95. The lowest BCUT2D eigenvalue weighted by Gasteiger charge is -2.30. The maximum Gasteiger partial charge on any atom is 0.274 e. The van der Waals surface area contributed by atoms with Crippen molar-refractivity contribution in [2.24, 2.45) is 5.92 Å². The number of amides is 1. The van der Waals surface area contributed by atoms with Gasteiger partial charge in [0, 0.05) is 41.3 Å². The minimum atomic E-state index is -3.64. The number of nitrogens with one attached hydrogen (secondary N) is 1. The Balaban J connectivity index is 1.63. The smallest absolute Gasteiger partial charge is 0.274 e. The zero-order chi connectivity index (χ0) is 21.2. The van der Waals surface area contributed by atoms with Crippen LogP contribution in [0.2, 0.25) is 5.02 Å². The van der Waals surface area contributed by atoms with Crippen molar-refractivity contribution < 1.29 is 18.1 Å². The molecular weight excluding hydrogens is 418 g/mol. The van der Waals surface area contributed by atoms with Crippen LogP contribution in [0.1, 0.15) is 18.4 Å². The van der Waals surface area contributed by atoms with Crippen molar-refractivity contribution >= 4 is 38.9 Å². The van der Waals surface area contributed by atoms with Gasteiger partial charge in [0.15, 0.2) is 0 Å². The van der Waals surface area contributed by atoms with E-state index in [-0.39, 0.29) is 35.5 Å². The number of nitro groups is 1. The molecule has 1 heterocycles. The molecule has 2 aromatic rings. The van der Waals surface area contributed by atoms with E-state index in [1.165, 1.54) is 34.6 Å². The van der Waals surface area contributed by atoms with Crippen molar-refractivity contribution in [3.05, 3.63) is 63.2 Å². The Morgan fingerprint density at radius 1 is 1.17 bits per heavy atom. The van der Waals surface area contributed by atoms with Gasteiger partial charge in [-0.3, -0.25) is 14.9 Å². The molecular formula is C19H20ClN3O5S. The molecule has 1 N–H and O–H groups in total. The Labute approximate surface area is 173 Å². The highest BCUT2D eigenvalue weighted by atomic mass is 35.5. The van der Waals surface area contributed by atoms with E-state index in [0.717, 1.165) is 0 Å². The highest BCUT2D eigenvalue weighted by Gasteiger charge is 2.32. The van der Waals surface area contributed by atoms with Crippen LogP contribution in [0.15, 0.2) is 47.4 Å². The normalized spacial score (nSPS) is 15.8. The van der Waals surface area contributed by atoms with E-state index in [4.69, 9.17) is 11.6 Å². The number of benzene rings is 2. The minimum Gasteiger partial charge on any atom is -0.326 e. The number of nitro benzene ring substituents is 1. The highest BCUT2D eigenvalue weighted by molar-refractivity contribution is 7.89. The minimum absolute atomic E-state index is 0.0633. The number of sulfonamides is 1. The first kappa shape index (κ1) is 21.2. The summed E-state index contributed by atoms with van der Waals surface area (Å²) >= 11 is 5.81. The van der Waals surface area contributed by atoms with Gasteiger partial charge in [-0.25, -0.2) is 8.42 Å². The van der Waals surface area contributed by atoms with Crippen LogP contribution in [0, 0.1) is 23.0 Å². The number of halogens is 1. The van der Waals surface area contributed by atoms with Crippen LogP contribution in [0.3, 0.4) is 0 Å². The van der Waals surface area contributed by atoms with Crippen molar-refractivity contribution in [1.82, 2.24) is 4.31 Å². The molecule has 8 nitrogen and oxygen atoms in total. The first-order valence-corrected chi connectivity index (χ1v) is 10.8. The fourth-order valence-electron chi connectivity index (χ4n) is 3.24. The summed E-state index contributed by atoms with van der Waals surface area (Å²) in [4.78, 5) is 23.3. The van der Waals surface area contributed by atoms with Crippen molar-refractivity contribution in [2.45, 2.75) is 24.7 Å². The quantitative estimate of drug-likeness (QED) is 0.567. The van der Waals surface area contributed by atoms with E-state index in [1.807, 2.05) is 0 Å². The molecule has 2 aromatic carbocycles. The topological polar surface area (TPSA) is 110 Å². The zero-order valence-electron chi connectivity index (χ0n) is 15.7. The molecule has 1 saturated heterocycles. The predicted octanol–water partition coefficient (Wildman–Crippen LogP) is 3.60. The first-order valence-electron chi connectivity index (χ1n) is 9.00. The van der Waals surface area contributed by atoms with Crippen LogP contribution in [0.5, 0.6) is 0 Å². The fraction of sp³-hybridized carbons (Fsp3) is 0.316. The Morgan fingerprint density at radius 3 is 2.38 bits per heavy atom. The maximum absolute atomic E-state index is 12.7. The van der Waals surface area contributed by atoms with E-state index < -0.39 is 14.9 Å². The number of hydrogen-bond acceptors (Lipinski definition) is 5. The number of aryl methyl sites for hydroxylation is 1. The average Bonchev–Trinajstić information content (AvgIpc) is 2.69. The lowest BCUT2D eigenvalue weighted by molar-refractivity contribution is -0.385. The predicted molar refractivity (Wildman–Crippen MR) is 109 cm³/mol. The van der Waals surface area contributed by atoms with E-state index >= 15 is 0 Å². The van der Waals surface area contributed by atoms with Crippen LogP contribution >= 0.6 is 11.6 Å². The van der Waals surface area contributed by atoms with Gasteiger partial charge in [-0.1, -0.05) is 17.7 Å². The van der Waals surface area contributed by atoms with Gasteiger partial charge in [-0.15, -0.1) is 0 Å². The summed E-state index contributed by atoms with van der Waals surface area (Å²) < 4.78 is 26.8. The van der Waals surface area contributed by atoms with Crippen molar-refractivity contribution in [1.29, 1.82) is 0 Å². The fourth-order valence-corrected chi connectivity index (χ4v) is 4.84. The molecule has 10 heteroatoms. The molecule has 29 heavy (non-hydrogen) atoms. The van der Waals surface area contributed by atoms with Gasteiger partial charge >= 0.3 is 0 Å². The van der Waals surface area contributed by atoms with Crippen LogP contribution < -0.4 is 5.32 Å². The summed E-state index contributed by atoms with van der Waals surface area (Å²) in [6, 6.07) is 10.5. The largest absolute Gasteiger partial charge is 0.326 e. The van der Waals surface area contributed by atoms with E-state index in [0.29, 0.717) is 29.1 Å². The molecule has 0 atom stereocenters. The molecule has 0 bridgehead atoms. The Hall–Kier alpha value is -2.49. The SMILES string of the molecule is Cc1ccc(NC(=O)C2CCN(S(=O)(=O)c3ccc(Cl)cc3)CC2)cc1[N+](=O)[O-]. The van der Waals surface area contributed by atoms with Crippen molar-refractivity contribution in [3.63, 3.8) is 0 Å². The molecule has 0 saturated carbocycles. The standard InChI is InChI=1S/C19H20ClN3O5S/c1-13-2-5-16(12-18(13)23(25)26)21-19(24)14-8-10-22(11-9-14)29(27,28)17-6-3-15(20)4-7-17/h2-7,12,14H,8-11H2,1H3,(H,21,24). The summed E-state index contributed by atoms with van der Waals surface area (Å²) in [5.41, 5.74) is 0.795. The van der Waals surface area contributed by atoms with E-state index in [1.54, 1.807) is 19.1 Å². The number of anilines is 1. The summed E-state index contributed by atoms with van der Waals surface area (Å²) in [5.74, 6) is -0.640. The Bertz CT molecular complexity index is 1030. The summed E-state index contributed by atoms with van der Waals surface area (Å²) in [7, 11) is -3.64. The monoisotopic (exact) mass is 437 g/mol. The second kappa shape index (κ2) is 8.48. The zero-order valence-corrected chi connectivity index (χ0v) is 17.2. The molecule has 0 aliphatic carbocycles. The lowest BCUT2D eigenvalue weighted by atomic mass is 9.97. The van der Waals surface area contributed by atoms with Crippen molar-refractivity contribution in [2.75, 3.05) is 18.4 Å². The number of nitrogens with zero attached hydrogens (tertiary/aromatic N) is 2. The molecule has 0 radical (unpaired) electrons. The molecule has 0 unspecified atom stereocenters. The second-order valence-electron chi connectivity index (χ2n) is 6.88. The molecule has 1 amide bonds. The third kappa shape index (κ3) is 4.75. The maximum atomic E-state index is 12.7. The molecule has 0 aromatic heterocycles. The molecule has 1 aliphatic rings. The van der Waals surface area contributed by atoms with E-state index in [2.05, 4.69) is 5.32 Å². The molecule has 1 fully saturated rings.